The molecule has 0 N–H and O–H groups in total. The molecule has 0 radical (unpaired) electrons. The molecule has 2 aliphatic rings. The average molecular weight is 332 g/mol. The third kappa shape index (κ3) is 2.68. The minimum Gasteiger partial charge on any atom is -0.366 e. The number of carbonyl (C=O) groups excluding carboxylic acids is 1. The van der Waals surface area contributed by atoms with E-state index in [0.717, 1.165) is 24.2 Å². The lowest BCUT2D eigenvalue weighted by Gasteiger charge is -2.32. The van der Waals surface area contributed by atoms with E-state index in [9.17, 15) is 4.79 Å². The van der Waals surface area contributed by atoms with Gasteiger partial charge in [0.2, 0.25) is 0 Å². The van der Waals surface area contributed by atoms with Crippen LogP contribution in [0.5, 0.6) is 0 Å². The number of hydrogen-bond donors (Lipinski definition) is 0. The van der Waals surface area contributed by atoms with E-state index in [1.165, 1.54) is 23.3 Å². The number of amides is 1. The number of aryl methyl sites for hydroxylation is 2. The molecule has 4 rings (SSSR count). The van der Waals surface area contributed by atoms with E-state index in [4.69, 9.17) is 4.74 Å². The van der Waals surface area contributed by atoms with Crippen LogP contribution in [0, 0.1) is 0 Å². The average Bonchev–Trinajstić information content (AvgIpc) is 3.20. The van der Waals surface area contributed by atoms with Crippen LogP contribution in [-0.4, -0.2) is 45.3 Å². The fourth-order valence-electron chi connectivity index (χ4n) is 3.42. The van der Waals surface area contributed by atoms with E-state index in [1.807, 2.05) is 21.9 Å². The predicted molar refractivity (Wildman–Crippen MR) is 86.6 cm³/mol. The lowest BCUT2D eigenvalue weighted by Crippen LogP contribution is -2.43. The summed E-state index contributed by atoms with van der Waals surface area (Å²) in [6, 6.07) is 0. The van der Waals surface area contributed by atoms with Crippen LogP contribution in [0.2, 0.25) is 0 Å². The number of hydrogen-bond acceptors (Lipinski definition) is 5. The van der Waals surface area contributed by atoms with Gasteiger partial charge in [0.25, 0.3) is 5.91 Å². The van der Waals surface area contributed by atoms with Crippen molar-refractivity contribution in [2.45, 2.75) is 31.8 Å². The van der Waals surface area contributed by atoms with Gasteiger partial charge >= 0.3 is 0 Å². The van der Waals surface area contributed by atoms with Crippen molar-refractivity contribution < 1.29 is 9.53 Å². The smallest absolute Gasteiger partial charge is 0.255 e. The maximum Gasteiger partial charge on any atom is 0.255 e. The van der Waals surface area contributed by atoms with Gasteiger partial charge < -0.3 is 14.2 Å². The fourth-order valence-corrected chi connectivity index (χ4v) is 4.54. The Kier molecular flexibility index (Phi) is 3.90. The zero-order valence-corrected chi connectivity index (χ0v) is 14.0. The van der Waals surface area contributed by atoms with Crippen molar-refractivity contribution in [1.29, 1.82) is 0 Å². The Morgan fingerprint density at radius 1 is 1.39 bits per heavy atom. The number of fused-ring (bicyclic) bond motifs is 1. The molecule has 1 fully saturated rings. The van der Waals surface area contributed by atoms with Gasteiger partial charge in [0.15, 0.2) is 5.82 Å². The SMILES string of the molecule is Cn1cnnc1C1CN(C(=O)c2csc3c2CCCC3)CCO1. The molecule has 1 amide bonds. The Bertz CT molecular complexity index is 723. The molecule has 7 heteroatoms. The second-order valence-electron chi connectivity index (χ2n) is 6.17. The number of thiophene rings is 1. The first-order valence-electron chi connectivity index (χ1n) is 8.08. The topological polar surface area (TPSA) is 60.2 Å². The minimum absolute atomic E-state index is 0.139. The van der Waals surface area contributed by atoms with Gasteiger partial charge in [-0.3, -0.25) is 4.79 Å². The van der Waals surface area contributed by atoms with Crippen molar-refractivity contribution in [2.75, 3.05) is 19.7 Å². The number of aromatic nitrogens is 3. The molecule has 1 aliphatic carbocycles. The van der Waals surface area contributed by atoms with Crippen LogP contribution >= 0.6 is 11.3 Å². The summed E-state index contributed by atoms with van der Waals surface area (Å²) < 4.78 is 7.65. The summed E-state index contributed by atoms with van der Waals surface area (Å²) >= 11 is 1.74. The number of ether oxygens (including phenoxy) is 1. The Balaban J connectivity index is 1.54. The lowest BCUT2D eigenvalue weighted by atomic mass is 9.95. The first kappa shape index (κ1) is 14.8. The van der Waals surface area contributed by atoms with Crippen LogP contribution in [0.15, 0.2) is 11.7 Å². The zero-order valence-electron chi connectivity index (χ0n) is 13.2. The van der Waals surface area contributed by atoms with Gasteiger partial charge in [-0.05, 0) is 31.2 Å². The zero-order chi connectivity index (χ0) is 15.8. The normalized spacial score (nSPS) is 21.3. The Morgan fingerprint density at radius 3 is 3.09 bits per heavy atom. The van der Waals surface area contributed by atoms with E-state index in [2.05, 4.69) is 10.2 Å². The van der Waals surface area contributed by atoms with Gasteiger partial charge in [-0.1, -0.05) is 0 Å². The van der Waals surface area contributed by atoms with E-state index in [0.29, 0.717) is 19.7 Å². The van der Waals surface area contributed by atoms with E-state index in [1.54, 1.807) is 17.7 Å². The fraction of sp³-hybridized carbons (Fsp3) is 0.562. The highest BCUT2D eigenvalue weighted by Gasteiger charge is 2.31. The molecule has 1 saturated heterocycles. The Morgan fingerprint density at radius 2 is 2.26 bits per heavy atom. The van der Waals surface area contributed by atoms with E-state index < -0.39 is 0 Å². The molecule has 122 valence electrons. The summed E-state index contributed by atoms with van der Waals surface area (Å²) in [6.45, 7) is 1.71. The van der Waals surface area contributed by atoms with E-state index in [-0.39, 0.29) is 12.0 Å². The summed E-state index contributed by atoms with van der Waals surface area (Å²) in [6.07, 6.45) is 6.06. The maximum absolute atomic E-state index is 13.0. The van der Waals surface area contributed by atoms with Crippen LogP contribution in [-0.2, 0) is 24.6 Å². The number of carbonyl (C=O) groups is 1. The maximum atomic E-state index is 13.0. The van der Waals surface area contributed by atoms with Gasteiger partial charge in [-0.25, -0.2) is 0 Å². The summed E-state index contributed by atoms with van der Waals surface area (Å²) in [5.74, 6) is 0.912. The van der Waals surface area contributed by atoms with Crippen LogP contribution in [0.3, 0.4) is 0 Å². The second-order valence-corrected chi connectivity index (χ2v) is 7.13. The van der Waals surface area contributed by atoms with Gasteiger partial charge in [-0.15, -0.1) is 21.5 Å². The monoisotopic (exact) mass is 332 g/mol. The molecule has 1 aliphatic heterocycles. The third-order valence-corrected chi connectivity index (χ3v) is 5.77. The molecule has 1 atom stereocenters. The largest absolute Gasteiger partial charge is 0.366 e. The molecule has 6 nitrogen and oxygen atoms in total. The highest BCUT2D eigenvalue weighted by Crippen LogP contribution is 2.31. The molecule has 3 heterocycles. The molecule has 0 bridgehead atoms. The quantitative estimate of drug-likeness (QED) is 0.843. The Hall–Kier alpha value is -1.73. The molecule has 23 heavy (non-hydrogen) atoms. The number of nitrogens with zero attached hydrogens (tertiary/aromatic N) is 4. The van der Waals surface area contributed by atoms with Crippen molar-refractivity contribution in [3.05, 3.63) is 33.5 Å². The molecule has 0 saturated carbocycles. The lowest BCUT2D eigenvalue weighted by molar-refractivity contribution is -0.0281. The van der Waals surface area contributed by atoms with Gasteiger partial charge in [0.05, 0.1) is 18.7 Å². The number of rotatable bonds is 2. The minimum atomic E-state index is -0.199. The molecule has 2 aromatic heterocycles. The van der Waals surface area contributed by atoms with Gasteiger partial charge in [0, 0.05) is 23.8 Å². The third-order valence-electron chi connectivity index (χ3n) is 4.68. The molecule has 0 aromatic carbocycles. The predicted octanol–water partition coefficient (Wildman–Crippen LogP) is 1.97. The summed E-state index contributed by atoms with van der Waals surface area (Å²) in [7, 11) is 1.90. The molecule has 0 spiro atoms. The standard InChI is InChI=1S/C16H20N4O2S/c1-19-10-17-18-15(19)13-8-20(6-7-22-13)16(21)12-9-23-14-5-3-2-4-11(12)14/h9-10,13H,2-8H2,1H3. The van der Waals surface area contributed by atoms with Crippen LogP contribution in [0.1, 0.15) is 45.6 Å². The highest BCUT2D eigenvalue weighted by molar-refractivity contribution is 7.10. The molecular weight excluding hydrogens is 312 g/mol. The molecule has 2 aromatic rings. The first-order valence-corrected chi connectivity index (χ1v) is 8.96. The highest BCUT2D eigenvalue weighted by atomic mass is 32.1. The van der Waals surface area contributed by atoms with Crippen molar-refractivity contribution in [1.82, 2.24) is 19.7 Å². The molecular formula is C16H20N4O2S. The van der Waals surface area contributed by atoms with Crippen LogP contribution in [0.25, 0.3) is 0 Å². The van der Waals surface area contributed by atoms with Crippen molar-refractivity contribution in [3.8, 4) is 0 Å². The van der Waals surface area contributed by atoms with E-state index >= 15 is 0 Å². The summed E-state index contributed by atoms with van der Waals surface area (Å²) in [5.41, 5.74) is 2.19. The van der Waals surface area contributed by atoms with Crippen molar-refractivity contribution in [3.63, 3.8) is 0 Å². The molecule has 1 unspecified atom stereocenters. The first-order chi connectivity index (χ1) is 11.2. The summed E-state index contributed by atoms with van der Waals surface area (Å²) in [5, 5.41) is 10.1. The van der Waals surface area contributed by atoms with Gasteiger partial charge in [-0.2, -0.15) is 0 Å². The van der Waals surface area contributed by atoms with Crippen LogP contribution < -0.4 is 0 Å². The number of morpholine rings is 1. The Labute approximate surface area is 139 Å². The van der Waals surface area contributed by atoms with Gasteiger partial charge in [0.1, 0.15) is 12.4 Å². The van der Waals surface area contributed by atoms with Crippen molar-refractivity contribution >= 4 is 17.2 Å². The van der Waals surface area contributed by atoms with Crippen LogP contribution in [0.4, 0.5) is 0 Å². The summed E-state index contributed by atoms with van der Waals surface area (Å²) in [4.78, 5) is 16.3. The van der Waals surface area contributed by atoms with Crippen molar-refractivity contribution in [2.24, 2.45) is 7.05 Å². The second kappa shape index (κ2) is 6.05.